The lowest BCUT2D eigenvalue weighted by Crippen LogP contribution is -2.34. The van der Waals surface area contributed by atoms with E-state index in [-0.39, 0.29) is 0 Å². The molecule has 0 bridgehead atoms. The molecule has 0 aromatic carbocycles. The van der Waals surface area contributed by atoms with E-state index in [0.29, 0.717) is 5.92 Å². The first-order chi connectivity index (χ1) is 7.22. The molecule has 1 saturated heterocycles. The van der Waals surface area contributed by atoms with Gasteiger partial charge < -0.3 is 4.90 Å². The van der Waals surface area contributed by atoms with Gasteiger partial charge in [0, 0.05) is 12.3 Å². The van der Waals surface area contributed by atoms with Crippen LogP contribution in [0.3, 0.4) is 0 Å². The Morgan fingerprint density at radius 2 is 1.93 bits per heavy atom. The van der Waals surface area contributed by atoms with E-state index in [4.69, 9.17) is 0 Å². The summed E-state index contributed by atoms with van der Waals surface area (Å²) < 4.78 is 0. The van der Waals surface area contributed by atoms with Gasteiger partial charge in [-0.05, 0) is 44.8 Å². The first-order valence-electron chi connectivity index (χ1n) is 6.43. The Labute approximate surface area is 95.2 Å². The van der Waals surface area contributed by atoms with Gasteiger partial charge in [-0.1, -0.05) is 20.8 Å². The lowest BCUT2D eigenvalue weighted by atomic mass is 9.93. The summed E-state index contributed by atoms with van der Waals surface area (Å²) in [5.41, 5.74) is 0. The van der Waals surface area contributed by atoms with Crippen LogP contribution < -0.4 is 0 Å². The standard InChI is InChI=1S/C14H25N/c1-4-10-15-11-8-14(9-12-15)7-5-6-13(2)3/h13-14H,4,7-12H2,1-3H3. The minimum atomic E-state index is 0.533. The van der Waals surface area contributed by atoms with Crippen LogP contribution in [0.2, 0.25) is 0 Å². The van der Waals surface area contributed by atoms with Crippen molar-refractivity contribution in [3.8, 4) is 11.8 Å². The zero-order chi connectivity index (χ0) is 11.1. The zero-order valence-corrected chi connectivity index (χ0v) is 10.6. The molecule has 15 heavy (non-hydrogen) atoms. The molecule has 1 heteroatoms. The Morgan fingerprint density at radius 1 is 1.27 bits per heavy atom. The summed E-state index contributed by atoms with van der Waals surface area (Å²) in [6.07, 6.45) is 5.12. The molecule has 0 atom stereocenters. The maximum atomic E-state index is 3.33. The highest BCUT2D eigenvalue weighted by molar-refractivity contribution is 5.02. The number of nitrogens with zero attached hydrogens (tertiary/aromatic N) is 1. The molecule has 0 N–H and O–H groups in total. The van der Waals surface area contributed by atoms with E-state index < -0.39 is 0 Å². The molecule has 1 aliphatic rings. The Bertz CT molecular complexity index is 213. The van der Waals surface area contributed by atoms with Crippen molar-refractivity contribution in [1.29, 1.82) is 0 Å². The quantitative estimate of drug-likeness (QED) is 0.643. The molecule has 0 aromatic heterocycles. The van der Waals surface area contributed by atoms with E-state index >= 15 is 0 Å². The second-order valence-electron chi connectivity index (χ2n) is 4.96. The van der Waals surface area contributed by atoms with Gasteiger partial charge in [-0.2, -0.15) is 0 Å². The average molecular weight is 207 g/mol. The first kappa shape index (κ1) is 12.6. The molecule has 0 unspecified atom stereocenters. The lowest BCUT2D eigenvalue weighted by Gasteiger charge is -2.30. The van der Waals surface area contributed by atoms with Crippen molar-refractivity contribution in [2.45, 2.75) is 46.5 Å². The van der Waals surface area contributed by atoms with Gasteiger partial charge >= 0.3 is 0 Å². The number of rotatable bonds is 3. The molecule has 0 spiro atoms. The fourth-order valence-electron chi connectivity index (χ4n) is 2.14. The second-order valence-corrected chi connectivity index (χ2v) is 4.96. The van der Waals surface area contributed by atoms with Gasteiger partial charge in [-0.3, -0.25) is 0 Å². The van der Waals surface area contributed by atoms with Crippen LogP contribution in [0, 0.1) is 23.7 Å². The molecule has 0 radical (unpaired) electrons. The SMILES string of the molecule is CCCN1CCC(CC#CC(C)C)CC1. The lowest BCUT2D eigenvalue weighted by molar-refractivity contribution is 0.187. The minimum absolute atomic E-state index is 0.533. The molecule has 1 fully saturated rings. The molecule has 1 nitrogen and oxygen atoms in total. The van der Waals surface area contributed by atoms with E-state index in [1.165, 1.54) is 38.9 Å². The first-order valence-corrected chi connectivity index (χ1v) is 6.43. The summed E-state index contributed by atoms with van der Waals surface area (Å²) >= 11 is 0. The number of piperidine rings is 1. The monoisotopic (exact) mass is 207 g/mol. The van der Waals surface area contributed by atoms with Crippen molar-refractivity contribution >= 4 is 0 Å². The molecule has 86 valence electrons. The molecule has 1 rings (SSSR count). The number of hydrogen-bond donors (Lipinski definition) is 0. The molecule has 0 saturated carbocycles. The predicted molar refractivity (Wildman–Crippen MR) is 66.7 cm³/mol. The summed E-state index contributed by atoms with van der Waals surface area (Å²) in [4.78, 5) is 2.59. The smallest absolute Gasteiger partial charge is 0.0146 e. The van der Waals surface area contributed by atoms with Gasteiger partial charge in [-0.15, -0.1) is 11.8 Å². The van der Waals surface area contributed by atoms with Crippen LogP contribution in [0.1, 0.15) is 46.5 Å². The van der Waals surface area contributed by atoms with Crippen LogP contribution in [0.15, 0.2) is 0 Å². The predicted octanol–water partition coefficient (Wildman–Crippen LogP) is 3.16. The Balaban J connectivity index is 2.18. The summed E-state index contributed by atoms with van der Waals surface area (Å²) in [6, 6.07) is 0. The minimum Gasteiger partial charge on any atom is -0.303 e. The van der Waals surface area contributed by atoms with E-state index in [1.54, 1.807) is 0 Å². The van der Waals surface area contributed by atoms with Crippen molar-refractivity contribution in [2.24, 2.45) is 11.8 Å². The zero-order valence-electron chi connectivity index (χ0n) is 10.6. The molecule has 0 aromatic rings. The number of hydrogen-bond acceptors (Lipinski definition) is 1. The van der Waals surface area contributed by atoms with Crippen LogP contribution in [-0.4, -0.2) is 24.5 Å². The fraction of sp³-hybridized carbons (Fsp3) is 0.857. The van der Waals surface area contributed by atoms with Crippen molar-refractivity contribution in [2.75, 3.05) is 19.6 Å². The van der Waals surface area contributed by atoms with Crippen molar-refractivity contribution in [3.63, 3.8) is 0 Å². The summed E-state index contributed by atoms with van der Waals surface area (Å²) in [5.74, 6) is 8.00. The third kappa shape index (κ3) is 5.23. The highest BCUT2D eigenvalue weighted by Gasteiger charge is 2.17. The van der Waals surface area contributed by atoms with Gasteiger partial charge in [-0.25, -0.2) is 0 Å². The van der Waals surface area contributed by atoms with Gasteiger partial charge in [0.05, 0.1) is 0 Å². The van der Waals surface area contributed by atoms with E-state index in [2.05, 4.69) is 37.5 Å². The van der Waals surface area contributed by atoms with Crippen LogP contribution in [0.25, 0.3) is 0 Å². The third-order valence-electron chi connectivity index (χ3n) is 3.03. The summed E-state index contributed by atoms with van der Waals surface area (Å²) in [7, 11) is 0. The van der Waals surface area contributed by atoms with Crippen LogP contribution in [0.4, 0.5) is 0 Å². The Kier molecular flexibility index (Phi) is 5.79. The summed E-state index contributed by atoms with van der Waals surface area (Å²) in [5, 5.41) is 0. The van der Waals surface area contributed by atoms with Crippen molar-refractivity contribution in [3.05, 3.63) is 0 Å². The number of likely N-dealkylation sites (tertiary alicyclic amines) is 1. The molecule has 1 aliphatic heterocycles. The van der Waals surface area contributed by atoms with E-state index in [1.807, 2.05) is 0 Å². The highest BCUT2D eigenvalue weighted by atomic mass is 15.1. The van der Waals surface area contributed by atoms with E-state index in [0.717, 1.165) is 12.3 Å². The van der Waals surface area contributed by atoms with Crippen LogP contribution >= 0.6 is 0 Å². The van der Waals surface area contributed by atoms with Crippen molar-refractivity contribution in [1.82, 2.24) is 4.90 Å². The van der Waals surface area contributed by atoms with Gasteiger partial charge in [0.1, 0.15) is 0 Å². The molecule has 1 heterocycles. The van der Waals surface area contributed by atoms with Crippen LogP contribution in [-0.2, 0) is 0 Å². The average Bonchev–Trinajstić information content (AvgIpc) is 2.20. The highest BCUT2D eigenvalue weighted by Crippen LogP contribution is 2.19. The maximum absolute atomic E-state index is 3.33. The second kappa shape index (κ2) is 6.90. The molecular formula is C14H25N. The molecule has 0 aliphatic carbocycles. The maximum Gasteiger partial charge on any atom is 0.0146 e. The topological polar surface area (TPSA) is 3.24 Å². The Hall–Kier alpha value is -0.480. The summed E-state index contributed by atoms with van der Waals surface area (Å²) in [6.45, 7) is 10.5. The van der Waals surface area contributed by atoms with Crippen molar-refractivity contribution < 1.29 is 0 Å². The van der Waals surface area contributed by atoms with Gasteiger partial charge in [0.2, 0.25) is 0 Å². The van der Waals surface area contributed by atoms with Crippen LogP contribution in [0.5, 0.6) is 0 Å². The molecular weight excluding hydrogens is 182 g/mol. The molecule has 0 amide bonds. The third-order valence-corrected chi connectivity index (χ3v) is 3.03. The van der Waals surface area contributed by atoms with Gasteiger partial charge in [0.15, 0.2) is 0 Å². The Morgan fingerprint density at radius 3 is 2.47 bits per heavy atom. The van der Waals surface area contributed by atoms with E-state index in [9.17, 15) is 0 Å². The fourth-order valence-corrected chi connectivity index (χ4v) is 2.14. The van der Waals surface area contributed by atoms with Gasteiger partial charge in [0.25, 0.3) is 0 Å². The normalized spacial score (nSPS) is 18.9. The largest absolute Gasteiger partial charge is 0.303 e.